The number of allylic oxidation sites excluding steroid dienone is 1. The minimum Gasteiger partial charge on any atom is -0.0925 e. The summed E-state index contributed by atoms with van der Waals surface area (Å²) in [6.45, 7) is 4.18. The van der Waals surface area contributed by atoms with Crippen molar-refractivity contribution < 1.29 is 0 Å². The third kappa shape index (κ3) is 3.14. The molecule has 0 aliphatic carbocycles. The summed E-state index contributed by atoms with van der Waals surface area (Å²) in [5.41, 5.74) is 3.76. The Kier molecular flexibility index (Phi) is 4.70. The average molecular weight is 274 g/mol. The number of halogens is 2. The minimum absolute atomic E-state index is 0.817. The summed E-state index contributed by atoms with van der Waals surface area (Å²) >= 11 is 9.35. The highest BCUT2D eigenvalue weighted by atomic mass is 79.9. The molecule has 0 saturated heterocycles. The molecule has 0 heterocycles. The smallest absolute Gasteiger partial charge is 0.0411 e. The van der Waals surface area contributed by atoms with Gasteiger partial charge in [0.2, 0.25) is 0 Å². The van der Waals surface area contributed by atoms with Gasteiger partial charge in [0.15, 0.2) is 0 Å². The maximum atomic E-state index is 5.95. The lowest BCUT2D eigenvalue weighted by atomic mass is 10.0. The van der Waals surface area contributed by atoms with E-state index in [1.807, 2.05) is 12.1 Å². The Labute approximate surface area is 99.1 Å². The first-order valence-electron chi connectivity index (χ1n) is 4.64. The molecule has 0 amide bonds. The first-order valence-corrected chi connectivity index (χ1v) is 6.14. The van der Waals surface area contributed by atoms with Gasteiger partial charge in [-0.3, -0.25) is 0 Å². The van der Waals surface area contributed by atoms with E-state index in [4.69, 9.17) is 11.6 Å². The number of hydrogen-bond acceptors (Lipinski definition) is 0. The van der Waals surface area contributed by atoms with E-state index >= 15 is 0 Å². The Morgan fingerprint density at radius 1 is 1.29 bits per heavy atom. The molecule has 0 aliphatic rings. The molecule has 0 atom stereocenters. The Morgan fingerprint density at radius 3 is 2.36 bits per heavy atom. The molecule has 0 aliphatic heterocycles. The molecule has 0 fully saturated rings. The molecule has 0 unspecified atom stereocenters. The van der Waals surface area contributed by atoms with Crippen LogP contribution in [0.15, 0.2) is 18.2 Å². The highest BCUT2D eigenvalue weighted by Gasteiger charge is 2.00. The topological polar surface area (TPSA) is 0 Å². The lowest BCUT2D eigenvalue weighted by Crippen LogP contribution is -1.86. The van der Waals surface area contributed by atoms with E-state index in [0.717, 1.165) is 16.8 Å². The molecule has 76 valence electrons. The Bertz CT molecular complexity index is 319. The first-order chi connectivity index (χ1) is 6.65. The highest BCUT2D eigenvalue weighted by molar-refractivity contribution is 9.09. The third-order valence-electron chi connectivity index (χ3n) is 2.12. The zero-order valence-electron chi connectivity index (χ0n) is 8.48. The van der Waals surface area contributed by atoms with Crippen LogP contribution in [0.1, 0.15) is 23.1 Å². The second-order valence-corrected chi connectivity index (χ2v) is 4.56. The Morgan fingerprint density at radius 2 is 1.86 bits per heavy atom. The number of benzene rings is 1. The van der Waals surface area contributed by atoms with E-state index in [9.17, 15) is 0 Å². The minimum atomic E-state index is 0.817. The Balaban J connectivity index is 2.96. The van der Waals surface area contributed by atoms with Crippen LogP contribution in [0.2, 0.25) is 5.02 Å². The quantitative estimate of drug-likeness (QED) is 0.697. The maximum absolute atomic E-state index is 5.95. The van der Waals surface area contributed by atoms with E-state index in [-0.39, 0.29) is 0 Å². The molecule has 2 heteroatoms. The molecule has 1 rings (SSSR count). The fourth-order valence-electron chi connectivity index (χ4n) is 1.45. The van der Waals surface area contributed by atoms with Crippen LogP contribution in [0.25, 0.3) is 6.08 Å². The molecule has 0 N–H and O–H groups in total. The van der Waals surface area contributed by atoms with Gasteiger partial charge in [0.25, 0.3) is 0 Å². The van der Waals surface area contributed by atoms with Gasteiger partial charge < -0.3 is 0 Å². The van der Waals surface area contributed by atoms with Crippen molar-refractivity contribution in [2.45, 2.75) is 20.3 Å². The predicted octanol–water partition coefficient (Wildman–Crippen LogP) is 4.76. The van der Waals surface area contributed by atoms with Gasteiger partial charge in [-0.05, 0) is 49.1 Å². The molecule has 0 spiro atoms. The van der Waals surface area contributed by atoms with Crippen molar-refractivity contribution in [2.24, 2.45) is 0 Å². The zero-order valence-corrected chi connectivity index (χ0v) is 10.8. The summed E-state index contributed by atoms with van der Waals surface area (Å²) in [6.07, 6.45) is 5.40. The monoisotopic (exact) mass is 272 g/mol. The van der Waals surface area contributed by atoms with E-state index < -0.39 is 0 Å². The van der Waals surface area contributed by atoms with Crippen LogP contribution in [0.5, 0.6) is 0 Å². The van der Waals surface area contributed by atoms with Crippen molar-refractivity contribution in [1.29, 1.82) is 0 Å². The summed E-state index contributed by atoms with van der Waals surface area (Å²) in [6, 6.07) is 4.00. The van der Waals surface area contributed by atoms with Crippen LogP contribution in [-0.2, 0) is 0 Å². The molecular formula is C12H14BrCl. The predicted molar refractivity (Wildman–Crippen MR) is 68.4 cm³/mol. The van der Waals surface area contributed by atoms with Gasteiger partial charge in [0, 0.05) is 10.4 Å². The van der Waals surface area contributed by atoms with Crippen LogP contribution < -0.4 is 0 Å². The number of rotatable bonds is 3. The van der Waals surface area contributed by atoms with Gasteiger partial charge in [-0.2, -0.15) is 0 Å². The van der Waals surface area contributed by atoms with Gasteiger partial charge in [-0.25, -0.2) is 0 Å². The number of alkyl halides is 1. The van der Waals surface area contributed by atoms with Crippen molar-refractivity contribution in [2.75, 3.05) is 5.33 Å². The van der Waals surface area contributed by atoms with Crippen molar-refractivity contribution in [3.05, 3.63) is 39.9 Å². The third-order valence-corrected chi connectivity index (χ3v) is 2.79. The van der Waals surface area contributed by atoms with Gasteiger partial charge in [-0.15, -0.1) is 0 Å². The van der Waals surface area contributed by atoms with Crippen LogP contribution in [0.4, 0.5) is 0 Å². The van der Waals surface area contributed by atoms with Crippen LogP contribution in [-0.4, -0.2) is 5.33 Å². The molecule has 0 bridgehead atoms. The van der Waals surface area contributed by atoms with E-state index in [0.29, 0.717) is 0 Å². The van der Waals surface area contributed by atoms with Gasteiger partial charge >= 0.3 is 0 Å². The average Bonchev–Trinajstić information content (AvgIpc) is 2.09. The molecule has 1 aromatic rings. The van der Waals surface area contributed by atoms with Crippen LogP contribution in [0, 0.1) is 13.8 Å². The van der Waals surface area contributed by atoms with Crippen LogP contribution >= 0.6 is 27.5 Å². The van der Waals surface area contributed by atoms with Crippen molar-refractivity contribution in [3.63, 3.8) is 0 Å². The van der Waals surface area contributed by atoms with Gasteiger partial charge in [-0.1, -0.05) is 39.7 Å². The fraction of sp³-hybridized carbons (Fsp3) is 0.333. The van der Waals surface area contributed by atoms with Crippen molar-refractivity contribution in [1.82, 2.24) is 0 Å². The molecular weight excluding hydrogens is 259 g/mol. The number of aryl methyl sites for hydroxylation is 2. The van der Waals surface area contributed by atoms with Crippen LogP contribution in [0.3, 0.4) is 0 Å². The SMILES string of the molecule is Cc1cc(Cl)cc(C)c1C=CCCBr. The maximum Gasteiger partial charge on any atom is 0.0411 e. The zero-order chi connectivity index (χ0) is 10.6. The van der Waals surface area contributed by atoms with E-state index in [2.05, 4.69) is 41.9 Å². The number of hydrogen-bond donors (Lipinski definition) is 0. The summed E-state index contributed by atoms with van der Waals surface area (Å²) in [5, 5.41) is 1.83. The van der Waals surface area contributed by atoms with Crippen molar-refractivity contribution >= 4 is 33.6 Å². The molecule has 0 radical (unpaired) electrons. The highest BCUT2D eigenvalue weighted by Crippen LogP contribution is 2.21. The standard InChI is InChI=1S/C12H14BrCl/c1-9-7-11(14)8-10(2)12(9)5-3-4-6-13/h3,5,7-8H,4,6H2,1-2H3. The van der Waals surface area contributed by atoms with Gasteiger partial charge in [0.05, 0.1) is 0 Å². The summed E-state index contributed by atoms with van der Waals surface area (Å²) < 4.78 is 0. The fourth-order valence-corrected chi connectivity index (χ4v) is 2.04. The molecule has 0 aromatic heterocycles. The molecule has 0 nitrogen and oxygen atoms in total. The normalized spacial score (nSPS) is 11.1. The van der Waals surface area contributed by atoms with Gasteiger partial charge in [0.1, 0.15) is 0 Å². The lowest BCUT2D eigenvalue weighted by Gasteiger charge is -2.05. The van der Waals surface area contributed by atoms with E-state index in [1.165, 1.54) is 16.7 Å². The first kappa shape index (κ1) is 11.8. The summed E-state index contributed by atoms with van der Waals surface area (Å²) in [5.74, 6) is 0. The lowest BCUT2D eigenvalue weighted by molar-refractivity contribution is 1.26. The second-order valence-electron chi connectivity index (χ2n) is 3.33. The molecule has 0 saturated carbocycles. The van der Waals surface area contributed by atoms with E-state index in [1.54, 1.807) is 0 Å². The summed E-state index contributed by atoms with van der Waals surface area (Å²) in [7, 11) is 0. The second kappa shape index (κ2) is 5.57. The summed E-state index contributed by atoms with van der Waals surface area (Å²) in [4.78, 5) is 0. The largest absolute Gasteiger partial charge is 0.0925 e. The molecule has 14 heavy (non-hydrogen) atoms. The van der Waals surface area contributed by atoms with Crippen molar-refractivity contribution in [3.8, 4) is 0 Å². The molecule has 1 aromatic carbocycles. The Hall–Kier alpha value is -0.270.